The second kappa shape index (κ2) is 6.59. The van der Waals surface area contributed by atoms with Crippen LogP contribution in [0.2, 0.25) is 0 Å². The van der Waals surface area contributed by atoms with E-state index in [2.05, 4.69) is 31.2 Å². The normalized spacial score (nSPS) is 24.2. The van der Waals surface area contributed by atoms with Gasteiger partial charge in [-0.1, -0.05) is 31.2 Å². The lowest BCUT2D eigenvalue weighted by Crippen LogP contribution is -2.56. The van der Waals surface area contributed by atoms with Crippen LogP contribution in [0.25, 0.3) is 11.1 Å². The van der Waals surface area contributed by atoms with Crippen LogP contribution in [0.5, 0.6) is 11.5 Å². The Morgan fingerprint density at radius 3 is 2.44 bits per heavy atom. The lowest BCUT2D eigenvalue weighted by molar-refractivity contribution is -0.138. The van der Waals surface area contributed by atoms with Gasteiger partial charge in [0, 0.05) is 24.9 Å². The van der Waals surface area contributed by atoms with Gasteiger partial charge in [-0.25, -0.2) is 0 Å². The van der Waals surface area contributed by atoms with Gasteiger partial charge in [0.15, 0.2) is 11.5 Å². The number of methoxy groups -OCH3 is 2. The van der Waals surface area contributed by atoms with Crippen molar-refractivity contribution in [2.24, 2.45) is 0 Å². The monoisotopic (exact) mass is 365 g/mol. The molecule has 1 heterocycles. The summed E-state index contributed by atoms with van der Waals surface area (Å²) < 4.78 is 10.8. The molecule has 0 spiro atoms. The molecule has 0 N–H and O–H groups in total. The van der Waals surface area contributed by atoms with Gasteiger partial charge in [0.1, 0.15) is 0 Å². The third-order valence-electron chi connectivity index (χ3n) is 6.58. The number of likely N-dealkylation sites (tertiary alicyclic amines) is 1. The average Bonchev–Trinajstić information content (AvgIpc) is 2.70. The molecule has 2 aromatic carbocycles. The van der Waals surface area contributed by atoms with Crippen molar-refractivity contribution < 1.29 is 14.3 Å². The van der Waals surface area contributed by atoms with Crippen LogP contribution in [-0.4, -0.2) is 38.1 Å². The van der Waals surface area contributed by atoms with E-state index in [-0.39, 0.29) is 11.3 Å². The molecule has 0 unspecified atom stereocenters. The first-order valence-corrected chi connectivity index (χ1v) is 9.59. The highest BCUT2D eigenvalue weighted by Gasteiger charge is 2.46. The number of likely N-dealkylation sites (N-methyl/N-ethyl adjacent to an activating group) is 1. The fraction of sp³-hybridized carbons (Fsp3) is 0.435. The fourth-order valence-corrected chi connectivity index (χ4v) is 4.98. The quantitative estimate of drug-likeness (QED) is 0.818. The van der Waals surface area contributed by atoms with Crippen molar-refractivity contribution in [2.75, 3.05) is 21.3 Å². The molecule has 1 amide bonds. The smallest absolute Gasteiger partial charge is 0.222 e. The molecule has 0 saturated carbocycles. The number of amides is 1. The molecule has 27 heavy (non-hydrogen) atoms. The first-order valence-electron chi connectivity index (χ1n) is 9.59. The second-order valence-corrected chi connectivity index (χ2v) is 7.92. The maximum Gasteiger partial charge on any atom is 0.222 e. The molecule has 0 bridgehead atoms. The van der Waals surface area contributed by atoms with Gasteiger partial charge in [-0.05, 0) is 53.6 Å². The van der Waals surface area contributed by atoms with E-state index in [1.54, 1.807) is 14.2 Å². The number of nitrogens with zero attached hydrogens (tertiary/aromatic N) is 1. The highest BCUT2D eigenvalue weighted by atomic mass is 16.5. The Bertz CT molecular complexity index is 891. The standard InChI is InChI=1S/C23H27NO3/c1-23-12-11-22(25)24(2)21(23)10-7-17-13-15(5-8-18(17)23)16-6-9-19(26-3)20(14-16)27-4/h5-6,8-9,13-14,21H,7,10-12H2,1-4H3/t21-,23-/m1/s1. The molecule has 4 nitrogen and oxygen atoms in total. The van der Waals surface area contributed by atoms with Crippen molar-refractivity contribution in [3.05, 3.63) is 47.5 Å². The number of hydrogen-bond donors (Lipinski definition) is 0. The van der Waals surface area contributed by atoms with Crippen LogP contribution in [0.4, 0.5) is 0 Å². The van der Waals surface area contributed by atoms with Crippen LogP contribution in [0, 0.1) is 0 Å². The predicted octanol–water partition coefficient (Wildman–Crippen LogP) is 4.20. The van der Waals surface area contributed by atoms with Crippen molar-refractivity contribution in [3.63, 3.8) is 0 Å². The van der Waals surface area contributed by atoms with Crippen LogP contribution in [0.15, 0.2) is 36.4 Å². The Morgan fingerprint density at radius 1 is 1.00 bits per heavy atom. The van der Waals surface area contributed by atoms with Crippen LogP contribution in [0.1, 0.15) is 37.3 Å². The molecule has 0 radical (unpaired) electrons. The number of fused-ring (bicyclic) bond motifs is 3. The molecule has 1 saturated heterocycles. The molecular formula is C23H27NO3. The summed E-state index contributed by atoms with van der Waals surface area (Å²) in [6.07, 6.45) is 3.61. The molecule has 0 aromatic heterocycles. The van der Waals surface area contributed by atoms with Crippen LogP contribution >= 0.6 is 0 Å². The van der Waals surface area contributed by atoms with E-state index in [4.69, 9.17) is 9.47 Å². The Kier molecular flexibility index (Phi) is 4.37. The summed E-state index contributed by atoms with van der Waals surface area (Å²) >= 11 is 0. The van der Waals surface area contributed by atoms with Crippen molar-refractivity contribution in [2.45, 2.75) is 44.1 Å². The number of carbonyl (C=O) groups excluding carboxylic acids is 1. The topological polar surface area (TPSA) is 38.8 Å². The maximum absolute atomic E-state index is 12.2. The largest absolute Gasteiger partial charge is 0.493 e. The van der Waals surface area contributed by atoms with E-state index >= 15 is 0 Å². The van der Waals surface area contributed by atoms with Crippen molar-refractivity contribution >= 4 is 5.91 Å². The molecule has 4 heteroatoms. The highest BCUT2D eigenvalue weighted by Crippen LogP contribution is 2.46. The Hall–Kier alpha value is -2.49. The first-order chi connectivity index (χ1) is 13.0. The van der Waals surface area contributed by atoms with Crippen LogP contribution in [0.3, 0.4) is 0 Å². The zero-order valence-corrected chi connectivity index (χ0v) is 16.5. The number of ether oxygens (including phenoxy) is 2. The van der Waals surface area contributed by atoms with Gasteiger partial charge in [0.2, 0.25) is 5.91 Å². The molecule has 1 aliphatic carbocycles. The Morgan fingerprint density at radius 2 is 1.70 bits per heavy atom. The number of aryl methyl sites for hydroxylation is 1. The van der Waals surface area contributed by atoms with Gasteiger partial charge in [-0.3, -0.25) is 4.79 Å². The second-order valence-electron chi connectivity index (χ2n) is 7.92. The van der Waals surface area contributed by atoms with Crippen LogP contribution < -0.4 is 9.47 Å². The maximum atomic E-state index is 12.2. The van der Waals surface area contributed by atoms with E-state index in [9.17, 15) is 4.79 Å². The van der Waals surface area contributed by atoms with Crippen molar-refractivity contribution in [1.82, 2.24) is 4.90 Å². The van der Waals surface area contributed by atoms with Gasteiger partial charge in [-0.2, -0.15) is 0 Å². The minimum absolute atomic E-state index is 0.0480. The summed E-state index contributed by atoms with van der Waals surface area (Å²) in [5.74, 6) is 1.76. The molecule has 2 atom stereocenters. The number of carbonyl (C=O) groups is 1. The molecular weight excluding hydrogens is 338 g/mol. The van der Waals surface area contributed by atoms with Crippen molar-refractivity contribution in [3.8, 4) is 22.6 Å². The minimum atomic E-state index is 0.0480. The third-order valence-corrected chi connectivity index (χ3v) is 6.58. The van der Waals surface area contributed by atoms with E-state index in [1.165, 1.54) is 16.7 Å². The number of hydrogen-bond acceptors (Lipinski definition) is 3. The van der Waals surface area contributed by atoms with E-state index < -0.39 is 0 Å². The number of rotatable bonds is 3. The summed E-state index contributed by atoms with van der Waals surface area (Å²) in [6.45, 7) is 2.33. The van der Waals surface area contributed by atoms with E-state index in [0.717, 1.165) is 36.3 Å². The van der Waals surface area contributed by atoms with Gasteiger partial charge in [0.05, 0.1) is 14.2 Å². The third kappa shape index (κ3) is 2.78. The molecule has 2 aliphatic rings. The van der Waals surface area contributed by atoms with Gasteiger partial charge in [-0.15, -0.1) is 0 Å². The molecule has 2 aromatic rings. The van der Waals surface area contributed by atoms with Gasteiger partial charge in [0.25, 0.3) is 0 Å². The first kappa shape index (κ1) is 17.9. The Labute approximate surface area is 161 Å². The lowest BCUT2D eigenvalue weighted by Gasteiger charge is -2.50. The van der Waals surface area contributed by atoms with E-state index in [0.29, 0.717) is 12.5 Å². The lowest BCUT2D eigenvalue weighted by atomic mass is 9.63. The predicted molar refractivity (Wildman–Crippen MR) is 106 cm³/mol. The highest BCUT2D eigenvalue weighted by molar-refractivity contribution is 5.78. The molecule has 1 aliphatic heterocycles. The average molecular weight is 365 g/mol. The van der Waals surface area contributed by atoms with Gasteiger partial charge >= 0.3 is 0 Å². The molecule has 142 valence electrons. The summed E-state index contributed by atoms with van der Waals surface area (Å²) in [6, 6.07) is 13.1. The summed E-state index contributed by atoms with van der Waals surface area (Å²) in [5, 5.41) is 0. The van der Waals surface area contributed by atoms with Crippen molar-refractivity contribution in [1.29, 1.82) is 0 Å². The fourth-order valence-electron chi connectivity index (χ4n) is 4.98. The van der Waals surface area contributed by atoms with Crippen LogP contribution in [-0.2, 0) is 16.6 Å². The Balaban J connectivity index is 1.73. The summed E-state index contributed by atoms with van der Waals surface area (Å²) in [4.78, 5) is 14.1. The SMILES string of the molecule is COc1ccc(-c2ccc3c(c2)CC[C@H]2N(C)C(=O)CC[C@]32C)cc1OC. The molecule has 4 rings (SSSR count). The number of piperidine rings is 1. The van der Waals surface area contributed by atoms with Gasteiger partial charge < -0.3 is 14.4 Å². The molecule has 1 fully saturated rings. The van der Waals surface area contributed by atoms with E-state index in [1.807, 2.05) is 24.1 Å². The zero-order valence-electron chi connectivity index (χ0n) is 16.5. The summed E-state index contributed by atoms with van der Waals surface area (Å²) in [5.41, 5.74) is 5.17. The summed E-state index contributed by atoms with van der Waals surface area (Å²) in [7, 11) is 5.28. The zero-order chi connectivity index (χ0) is 19.2. The minimum Gasteiger partial charge on any atom is -0.493 e. The number of benzene rings is 2.